The van der Waals surface area contributed by atoms with Crippen LogP contribution in [-0.2, 0) is 6.54 Å². The summed E-state index contributed by atoms with van der Waals surface area (Å²) >= 11 is 0. The average molecular weight is 426 g/mol. The predicted molar refractivity (Wildman–Crippen MR) is 126 cm³/mol. The molecule has 0 fully saturated rings. The first-order chi connectivity index (χ1) is 15.6. The Balaban J connectivity index is 1.63. The molecule has 1 aromatic heterocycles. The normalized spacial score (nSPS) is 11.7. The van der Waals surface area contributed by atoms with Gasteiger partial charge in [0.25, 0.3) is 5.91 Å². The molecule has 5 nitrogen and oxygen atoms in total. The standard InChI is InChI=1S/C27H27N3O2/c1-19-25(20(2)30(29-19)18-21-10-6-4-7-11-21)27(31)28-26(22-12-8-5-9-13-22)23-14-16-24(32-3)17-15-23/h4-17,26H,18H2,1-3H3,(H,28,31)/t26-/m1/s1. The van der Waals surface area contributed by atoms with Gasteiger partial charge in [0, 0.05) is 5.69 Å². The third-order valence-electron chi connectivity index (χ3n) is 5.64. The zero-order valence-corrected chi connectivity index (χ0v) is 18.6. The topological polar surface area (TPSA) is 56.1 Å². The number of rotatable bonds is 7. The minimum atomic E-state index is -0.286. The van der Waals surface area contributed by atoms with Crippen LogP contribution in [0.1, 0.15) is 44.5 Å². The number of amides is 1. The van der Waals surface area contributed by atoms with Crippen molar-refractivity contribution >= 4 is 5.91 Å². The van der Waals surface area contributed by atoms with E-state index in [0.717, 1.165) is 33.8 Å². The van der Waals surface area contributed by atoms with Crippen LogP contribution in [0.5, 0.6) is 5.75 Å². The lowest BCUT2D eigenvalue weighted by atomic mass is 9.98. The van der Waals surface area contributed by atoms with Gasteiger partial charge < -0.3 is 10.1 Å². The largest absolute Gasteiger partial charge is 0.497 e. The minimum Gasteiger partial charge on any atom is -0.497 e. The summed E-state index contributed by atoms with van der Waals surface area (Å²) in [5.41, 5.74) is 5.33. The maximum absolute atomic E-state index is 13.4. The number of ether oxygens (including phenoxy) is 1. The van der Waals surface area contributed by atoms with Gasteiger partial charge in [0.1, 0.15) is 5.75 Å². The zero-order valence-electron chi connectivity index (χ0n) is 18.6. The Hall–Kier alpha value is -3.86. The SMILES string of the molecule is COc1ccc([C@H](NC(=O)c2c(C)nn(Cc3ccccc3)c2C)c2ccccc2)cc1. The van der Waals surface area contributed by atoms with Gasteiger partial charge in [0.15, 0.2) is 0 Å². The highest BCUT2D eigenvalue weighted by Gasteiger charge is 2.23. The average Bonchev–Trinajstić information content (AvgIpc) is 3.11. The monoisotopic (exact) mass is 425 g/mol. The summed E-state index contributed by atoms with van der Waals surface area (Å²) in [7, 11) is 1.64. The molecule has 0 aliphatic rings. The van der Waals surface area contributed by atoms with Crippen molar-refractivity contribution in [3.05, 3.63) is 119 Å². The molecule has 4 aromatic rings. The summed E-state index contributed by atoms with van der Waals surface area (Å²) < 4.78 is 7.18. The molecule has 4 rings (SSSR count). The molecule has 32 heavy (non-hydrogen) atoms. The maximum Gasteiger partial charge on any atom is 0.255 e. The molecule has 5 heteroatoms. The molecule has 1 atom stereocenters. The van der Waals surface area contributed by atoms with Crippen LogP contribution in [0.25, 0.3) is 0 Å². The van der Waals surface area contributed by atoms with Crippen LogP contribution in [0.2, 0.25) is 0 Å². The van der Waals surface area contributed by atoms with E-state index in [1.165, 1.54) is 0 Å². The second-order valence-electron chi connectivity index (χ2n) is 7.78. The highest BCUT2D eigenvalue weighted by atomic mass is 16.5. The van der Waals surface area contributed by atoms with Gasteiger partial charge in [-0.05, 0) is 42.7 Å². The van der Waals surface area contributed by atoms with Crippen molar-refractivity contribution in [1.82, 2.24) is 15.1 Å². The van der Waals surface area contributed by atoms with E-state index in [9.17, 15) is 4.79 Å². The second kappa shape index (κ2) is 9.52. The number of nitrogens with zero attached hydrogens (tertiary/aromatic N) is 2. The van der Waals surface area contributed by atoms with Crippen molar-refractivity contribution < 1.29 is 9.53 Å². The molecule has 3 aromatic carbocycles. The van der Waals surface area contributed by atoms with E-state index in [2.05, 4.69) is 22.5 Å². The first-order valence-electron chi connectivity index (χ1n) is 10.6. The van der Waals surface area contributed by atoms with Crippen LogP contribution in [-0.4, -0.2) is 22.8 Å². The number of aromatic nitrogens is 2. The van der Waals surface area contributed by atoms with Crippen molar-refractivity contribution in [3.8, 4) is 5.75 Å². The number of hydrogen-bond acceptors (Lipinski definition) is 3. The van der Waals surface area contributed by atoms with Gasteiger partial charge in [-0.25, -0.2) is 0 Å². The number of carbonyl (C=O) groups excluding carboxylic acids is 1. The van der Waals surface area contributed by atoms with Crippen LogP contribution >= 0.6 is 0 Å². The van der Waals surface area contributed by atoms with Gasteiger partial charge in [-0.15, -0.1) is 0 Å². The summed E-state index contributed by atoms with van der Waals surface area (Å²) in [6, 6.07) is 27.6. The lowest BCUT2D eigenvalue weighted by Crippen LogP contribution is -2.30. The van der Waals surface area contributed by atoms with Gasteiger partial charge in [-0.1, -0.05) is 72.8 Å². The molecule has 0 saturated carbocycles. The second-order valence-corrected chi connectivity index (χ2v) is 7.78. The summed E-state index contributed by atoms with van der Waals surface area (Å²) in [5.74, 6) is 0.643. The summed E-state index contributed by atoms with van der Waals surface area (Å²) in [4.78, 5) is 13.4. The number of carbonyl (C=O) groups is 1. The Morgan fingerprint density at radius 2 is 1.50 bits per heavy atom. The fraction of sp³-hybridized carbons (Fsp3) is 0.185. The van der Waals surface area contributed by atoms with E-state index < -0.39 is 0 Å². The third kappa shape index (κ3) is 4.57. The predicted octanol–water partition coefficient (Wildman–Crippen LogP) is 5.08. The number of methoxy groups -OCH3 is 1. The third-order valence-corrected chi connectivity index (χ3v) is 5.64. The number of aryl methyl sites for hydroxylation is 1. The number of nitrogens with one attached hydrogen (secondary N) is 1. The molecule has 162 valence electrons. The summed E-state index contributed by atoms with van der Waals surface area (Å²) in [6.45, 7) is 4.46. The van der Waals surface area contributed by atoms with Crippen LogP contribution in [0.3, 0.4) is 0 Å². The van der Waals surface area contributed by atoms with Gasteiger partial charge >= 0.3 is 0 Å². The Labute approximate surface area is 188 Å². The van der Waals surface area contributed by atoms with E-state index in [4.69, 9.17) is 4.74 Å². The Kier molecular flexibility index (Phi) is 6.36. The first kappa shape index (κ1) is 21.4. The van der Waals surface area contributed by atoms with Crippen molar-refractivity contribution in [1.29, 1.82) is 0 Å². The van der Waals surface area contributed by atoms with Gasteiger partial charge in [0.05, 0.1) is 31.0 Å². The van der Waals surface area contributed by atoms with E-state index in [0.29, 0.717) is 12.1 Å². The van der Waals surface area contributed by atoms with E-state index in [-0.39, 0.29) is 11.9 Å². The summed E-state index contributed by atoms with van der Waals surface area (Å²) in [6.07, 6.45) is 0. The molecule has 0 saturated heterocycles. The van der Waals surface area contributed by atoms with Crippen molar-refractivity contribution in [2.24, 2.45) is 0 Å². The molecule has 1 N–H and O–H groups in total. The molecule has 1 heterocycles. The van der Waals surface area contributed by atoms with Crippen molar-refractivity contribution in [2.75, 3.05) is 7.11 Å². The number of benzene rings is 3. The van der Waals surface area contributed by atoms with E-state index in [1.54, 1.807) is 7.11 Å². The Morgan fingerprint density at radius 3 is 2.12 bits per heavy atom. The van der Waals surface area contributed by atoms with Crippen LogP contribution in [0.15, 0.2) is 84.9 Å². The maximum atomic E-state index is 13.4. The van der Waals surface area contributed by atoms with Crippen LogP contribution < -0.4 is 10.1 Å². The molecule has 0 spiro atoms. The molecule has 0 unspecified atom stereocenters. The summed E-state index contributed by atoms with van der Waals surface area (Å²) in [5, 5.41) is 7.87. The van der Waals surface area contributed by atoms with E-state index in [1.807, 2.05) is 91.3 Å². The van der Waals surface area contributed by atoms with Gasteiger partial charge in [-0.3, -0.25) is 9.48 Å². The fourth-order valence-corrected chi connectivity index (χ4v) is 3.94. The molecule has 1 amide bonds. The zero-order chi connectivity index (χ0) is 22.5. The van der Waals surface area contributed by atoms with E-state index >= 15 is 0 Å². The number of hydrogen-bond donors (Lipinski definition) is 1. The quantitative estimate of drug-likeness (QED) is 0.449. The molecule has 0 aliphatic heterocycles. The molecular weight excluding hydrogens is 398 g/mol. The highest BCUT2D eigenvalue weighted by Crippen LogP contribution is 2.25. The lowest BCUT2D eigenvalue weighted by molar-refractivity contribution is 0.0941. The van der Waals surface area contributed by atoms with Crippen LogP contribution in [0.4, 0.5) is 0 Å². The first-order valence-corrected chi connectivity index (χ1v) is 10.6. The van der Waals surface area contributed by atoms with Gasteiger partial charge in [0.2, 0.25) is 0 Å². The molecular formula is C27H27N3O2. The Bertz CT molecular complexity index is 1180. The van der Waals surface area contributed by atoms with Crippen molar-refractivity contribution in [3.63, 3.8) is 0 Å². The molecule has 0 bridgehead atoms. The van der Waals surface area contributed by atoms with Crippen LogP contribution in [0, 0.1) is 13.8 Å². The highest BCUT2D eigenvalue weighted by molar-refractivity contribution is 5.96. The van der Waals surface area contributed by atoms with Crippen molar-refractivity contribution in [2.45, 2.75) is 26.4 Å². The lowest BCUT2D eigenvalue weighted by Gasteiger charge is -2.20. The molecule has 0 radical (unpaired) electrons. The fourth-order valence-electron chi connectivity index (χ4n) is 3.94. The minimum absolute atomic E-state index is 0.135. The molecule has 0 aliphatic carbocycles. The Morgan fingerprint density at radius 1 is 0.906 bits per heavy atom. The smallest absolute Gasteiger partial charge is 0.255 e. The van der Waals surface area contributed by atoms with Gasteiger partial charge in [-0.2, -0.15) is 5.10 Å².